The Kier molecular flexibility index (Phi) is 10.9. The van der Waals surface area contributed by atoms with Gasteiger partial charge in [-0.15, -0.1) is 0 Å². The van der Waals surface area contributed by atoms with Gasteiger partial charge in [-0.25, -0.2) is 0 Å². The molecule has 0 aromatic heterocycles. The fraction of sp³-hybridized carbons (Fsp3) is 0.696. The maximum Gasteiger partial charge on any atom is 0.131 e. The van der Waals surface area contributed by atoms with E-state index in [1.165, 1.54) is 57.8 Å². The number of ether oxygens (including phenoxy) is 1. The molecule has 2 rings (SSSR count). The van der Waals surface area contributed by atoms with Gasteiger partial charge in [-0.3, -0.25) is 4.99 Å². The van der Waals surface area contributed by atoms with Crippen molar-refractivity contribution in [3.05, 3.63) is 29.8 Å². The first-order valence-corrected chi connectivity index (χ1v) is 11.1. The Balaban J connectivity index is 1.54. The van der Waals surface area contributed by atoms with Crippen LogP contribution in [0.5, 0.6) is 5.75 Å². The molecule has 1 aliphatic heterocycles. The zero-order valence-electron chi connectivity index (χ0n) is 17.3. The molecule has 4 nitrogen and oxygen atoms in total. The van der Waals surface area contributed by atoms with Crippen LogP contribution in [0.2, 0.25) is 0 Å². The smallest absolute Gasteiger partial charge is 0.131 e. The molecule has 1 aliphatic rings. The minimum atomic E-state index is 0.666. The molecule has 0 atom stereocenters. The SMILES string of the molecule is CCCCCCCCCCCCOc1ccc(C2=NCCN2CCN)cc1. The molecule has 0 saturated carbocycles. The van der Waals surface area contributed by atoms with Crippen molar-refractivity contribution in [3.8, 4) is 5.75 Å². The van der Waals surface area contributed by atoms with Gasteiger partial charge < -0.3 is 15.4 Å². The van der Waals surface area contributed by atoms with Crippen molar-refractivity contribution in [1.29, 1.82) is 0 Å². The van der Waals surface area contributed by atoms with Gasteiger partial charge in [-0.05, 0) is 30.7 Å². The monoisotopic (exact) mass is 373 g/mol. The van der Waals surface area contributed by atoms with Crippen molar-refractivity contribution in [1.82, 2.24) is 4.90 Å². The molecule has 0 bridgehead atoms. The van der Waals surface area contributed by atoms with E-state index in [9.17, 15) is 0 Å². The maximum atomic E-state index is 5.90. The predicted molar refractivity (Wildman–Crippen MR) is 116 cm³/mol. The van der Waals surface area contributed by atoms with E-state index in [2.05, 4.69) is 41.1 Å². The van der Waals surface area contributed by atoms with Crippen LogP contribution in [0, 0.1) is 0 Å². The number of unbranched alkanes of at least 4 members (excludes halogenated alkanes) is 9. The highest BCUT2D eigenvalue weighted by Crippen LogP contribution is 2.17. The Morgan fingerprint density at radius 2 is 1.56 bits per heavy atom. The summed E-state index contributed by atoms with van der Waals surface area (Å²) >= 11 is 0. The van der Waals surface area contributed by atoms with Gasteiger partial charge in [0.15, 0.2) is 0 Å². The van der Waals surface area contributed by atoms with Gasteiger partial charge >= 0.3 is 0 Å². The fourth-order valence-corrected chi connectivity index (χ4v) is 3.61. The van der Waals surface area contributed by atoms with E-state index in [1.54, 1.807) is 0 Å². The molecule has 1 heterocycles. The summed E-state index contributed by atoms with van der Waals surface area (Å²) in [4.78, 5) is 6.88. The third-order valence-electron chi connectivity index (χ3n) is 5.21. The van der Waals surface area contributed by atoms with Crippen molar-refractivity contribution in [2.75, 3.05) is 32.8 Å². The fourth-order valence-electron chi connectivity index (χ4n) is 3.61. The van der Waals surface area contributed by atoms with Crippen molar-refractivity contribution in [2.45, 2.75) is 71.1 Å². The van der Waals surface area contributed by atoms with Crippen LogP contribution < -0.4 is 10.5 Å². The van der Waals surface area contributed by atoms with Crippen LogP contribution in [0.25, 0.3) is 0 Å². The highest BCUT2D eigenvalue weighted by Gasteiger charge is 2.17. The Bertz CT molecular complexity index is 527. The molecular weight excluding hydrogens is 334 g/mol. The normalized spacial score (nSPS) is 13.9. The van der Waals surface area contributed by atoms with Gasteiger partial charge in [-0.1, -0.05) is 64.7 Å². The summed E-state index contributed by atoms with van der Waals surface area (Å²) in [5.41, 5.74) is 6.85. The minimum Gasteiger partial charge on any atom is -0.494 e. The first-order valence-electron chi connectivity index (χ1n) is 11.1. The Hall–Kier alpha value is -1.55. The summed E-state index contributed by atoms with van der Waals surface area (Å²) in [5.74, 6) is 2.03. The Morgan fingerprint density at radius 1 is 0.926 bits per heavy atom. The average molecular weight is 374 g/mol. The summed E-state index contributed by atoms with van der Waals surface area (Å²) in [5, 5.41) is 0. The number of nitrogens with zero attached hydrogens (tertiary/aromatic N) is 2. The molecule has 4 heteroatoms. The van der Waals surface area contributed by atoms with Gasteiger partial charge in [0.05, 0.1) is 13.2 Å². The average Bonchev–Trinajstić information content (AvgIpc) is 3.15. The summed E-state index contributed by atoms with van der Waals surface area (Å²) in [6.45, 7) is 6.47. The number of benzene rings is 1. The molecule has 2 N–H and O–H groups in total. The van der Waals surface area contributed by atoms with Crippen LogP contribution in [0.3, 0.4) is 0 Å². The zero-order chi connectivity index (χ0) is 19.2. The molecule has 0 fully saturated rings. The van der Waals surface area contributed by atoms with Crippen molar-refractivity contribution in [2.24, 2.45) is 10.7 Å². The summed E-state index contributed by atoms with van der Waals surface area (Å²) < 4.78 is 5.90. The van der Waals surface area contributed by atoms with Crippen molar-refractivity contribution < 1.29 is 4.74 Å². The number of nitrogens with two attached hydrogens (primary N) is 1. The molecule has 0 unspecified atom stereocenters. The van der Waals surface area contributed by atoms with Crippen LogP contribution in [-0.4, -0.2) is 43.5 Å². The van der Waals surface area contributed by atoms with Crippen molar-refractivity contribution >= 4 is 5.84 Å². The second-order valence-electron chi connectivity index (χ2n) is 7.54. The molecule has 152 valence electrons. The number of aliphatic imine (C=N–C) groups is 1. The van der Waals surface area contributed by atoms with E-state index in [0.717, 1.165) is 49.8 Å². The summed E-state index contributed by atoms with van der Waals surface area (Å²) in [7, 11) is 0. The molecule has 0 radical (unpaired) electrons. The maximum absolute atomic E-state index is 5.90. The van der Waals surface area contributed by atoms with E-state index < -0.39 is 0 Å². The molecule has 27 heavy (non-hydrogen) atoms. The molecule has 0 aliphatic carbocycles. The van der Waals surface area contributed by atoms with E-state index in [-0.39, 0.29) is 0 Å². The lowest BCUT2D eigenvalue weighted by Gasteiger charge is -2.19. The van der Waals surface area contributed by atoms with Crippen LogP contribution in [-0.2, 0) is 0 Å². The molecule has 0 spiro atoms. The second-order valence-corrected chi connectivity index (χ2v) is 7.54. The molecule has 1 aromatic rings. The number of hydrogen-bond donors (Lipinski definition) is 1. The topological polar surface area (TPSA) is 50.8 Å². The lowest BCUT2D eigenvalue weighted by Crippen LogP contribution is -2.33. The van der Waals surface area contributed by atoms with E-state index in [0.29, 0.717) is 6.54 Å². The first-order chi connectivity index (χ1) is 13.3. The standard InChI is InChI=1S/C23H39N3O/c1-2-3-4-5-6-7-8-9-10-11-20-27-22-14-12-21(13-15-22)23-25-17-19-26(23)18-16-24/h12-15H,2-11,16-20,24H2,1H3. The minimum absolute atomic E-state index is 0.666. The number of amidine groups is 1. The predicted octanol–water partition coefficient (Wildman–Crippen LogP) is 5.01. The zero-order valence-corrected chi connectivity index (χ0v) is 17.3. The summed E-state index contributed by atoms with van der Waals surface area (Å²) in [6.07, 6.45) is 13.5. The van der Waals surface area contributed by atoms with Crippen LogP contribution >= 0.6 is 0 Å². The first kappa shape index (κ1) is 21.7. The Morgan fingerprint density at radius 3 is 2.19 bits per heavy atom. The molecule has 0 amide bonds. The van der Waals surface area contributed by atoms with Gasteiger partial charge in [0.1, 0.15) is 11.6 Å². The van der Waals surface area contributed by atoms with E-state index in [1.807, 2.05) is 0 Å². The van der Waals surface area contributed by atoms with E-state index in [4.69, 9.17) is 10.5 Å². The lowest BCUT2D eigenvalue weighted by molar-refractivity contribution is 0.304. The third kappa shape index (κ3) is 8.34. The molecule has 1 aromatic carbocycles. The van der Waals surface area contributed by atoms with E-state index >= 15 is 0 Å². The largest absolute Gasteiger partial charge is 0.494 e. The number of hydrogen-bond acceptors (Lipinski definition) is 4. The Labute approximate surface area is 166 Å². The third-order valence-corrected chi connectivity index (χ3v) is 5.21. The highest BCUT2D eigenvalue weighted by atomic mass is 16.5. The molecule has 0 saturated heterocycles. The lowest BCUT2D eigenvalue weighted by atomic mass is 10.1. The van der Waals surface area contributed by atoms with Crippen molar-refractivity contribution in [3.63, 3.8) is 0 Å². The van der Waals surface area contributed by atoms with Crippen LogP contribution in [0.1, 0.15) is 76.7 Å². The quantitative estimate of drug-likeness (QED) is 0.440. The van der Waals surface area contributed by atoms with Crippen LogP contribution in [0.4, 0.5) is 0 Å². The summed E-state index contributed by atoms with van der Waals surface area (Å²) in [6, 6.07) is 8.35. The van der Waals surface area contributed by atoms with Gasteiger partial charge in [0, 0.05) is 25.2 Å². The van der Waals surface area contributed by atoms with Gasteiger partial charge in [-0.2, -0.15) is 0 Å². The molecular formula is C23H39N3O. The second kappa shape index (κ2) is 13.6. The van der Waals surface area contributed by atoms with Gasteiger partial charge in [0.2, 0.25) is 0 Å². The van der Waals surface area contributed by atoms with Gasteiger partial charge in [0.25, 0.3) is 0 Å². The number of rotatable bonds is 15. The van der Waals surface area contributed by atoms with Crippen LogP contribution in [0.15, 0.2) is 29.3 Å². The highest BCUT2D eigenvalue weighted by molar-refractivity contribution is 5.99.